The summed E-state index contributed by atoms with van der Waals surface area (Å²) in [5.41, 5.74) is 4.23. The highest BCUT2D eigenvalue weighted by molar-refractivity contribution is 8.18. The Balaban J connectivity index is 1.57. The molecule has 7 heteroatoms. The molecule has 0 saturated carbocycles. The van der Waals surface area contributed by atoms with Crippen LogP contribution in [0.15, 0.2) is 83.0 Å². The number of carboxylic acids is 1. The zero-order chi connectivity index (χ0) is 21.1. The summed E-state index contributed by atoms with van der Waals surface area (Å²) in [6.45, 7) is 1.93. The smallest absolute Gasteiger partial charge is 0.307 e. The van der Waals surface area contributed by atoms with E-state index in [-0.39, 0.29) is 12.3 Å². The van der Waals surface area contributed by atoms with Crippen molar-refractivity contribution < 1.29 is 14.7 Å². The molecule has 1 amide bonds. The number of amides is 1. The summed E-state index contributed by atoms with van der Waals surface area (Å²) in [6.07, 6.45) is 3.92. The second-order valence-electron chi connectivity index (χ2n) is 6.80. The van der Waals surface area contributed by atoms with Crippen LogP contribution in [0.25, 0.3) is 11.3 Å². The first-order chi connectivity index (χ1) is 14.5. The Bertz CT molecular complexity index is 1160. The number of carbonyl (C=O) groups is 2. The third-order valence-electron chi connectivity index (χ3n) is 4.67. The number of hydrogen-bond donors (Lipinski definition) is 2. The second-order valence-corrected chi connectivity index (χ2v) is 7.80. The number of carbonyl (C=O) groups excluding carboxylic acids is 1. The molecule has 1 aliphatic rings. The first-order valence-electron chi connectivity index (χ1n) is 9.33. The lowest BCUT2D eigenvalue weighted by molar-refractivity contribution is -0.136. The quantitative estimate of drug-likeness (QED) is 0.603. The highest BCUT2D eigenvalue weighted by Gasteiger charge is 2.26. The molecule has 0 unspecified atom stereocenters. The molecular formula is C23H19N3O3S. The van der Waals surface area contributed by atoms with Crippen molar-refractivity contribution in [3.8, 4) is 5.69 Å². The third kappa shape index (κ3) is 4.36. The molecule has 6 nitrogen and oxygen atoms in total. The van der Waals surface area contributed by atoms with Crippen LogP contribution in [-0.2, 0) is 16.0 Å². The van der Waals surface area contributed by atoms with Gasteiger partial charge in [-0.1, -0.05) is 24.3 Å². The number of thioether (sulfide) groups is 1. The number of amidine groups is 1. The van der Waals surface area contributed by atoms with E-state index in [1.807, 2.05) is 60.3 Å². The second kappa shape index (κ2) is 8.42. The van der Waals surface area contributed by atoms with Gasteiger partial charge in [0.05, 0.1) is 17.0 Å². The lowest BCUT2D eigenvalue weighted by atomic mass is 10.1. The molecule has 0 atom stereocenters. The Labute approximate surface area is 178 Å². The van der Waals surface area contributed by atoms with Gasteiger partial charge in [-0.15, -0.1) is 0 Å². The highest BCUT2D eigenvalue weighted by atomic mass is 32.2. The van der Waals surface area contributed by atoms with E-state index in [1.165, 1.54) is 11.8 Å². The maximum atomic E-state index is 12.5. The van der Waals surface area contributed by atoms with E-state index < -0.39 is 5.97 Å². The summed E-state index contributed by atoms with van der Waals surface area (Å²) < 4.78 is 2.02. The summed E-state index contributed by atoms with van der Waals surface area (Å²) in [5.74, 6) is -1.05. The number of benzene rings is 2. The minimum atomic E-state index is -0.876. The van der Waals surface area contributed by atoms with Crippen molar-refractivity contribution in [1.82, 2.24) is 9.88 Å². The van der Waals surface area contributed by atoms with Crippen LogP contribution in [0, 0.1) is 0 Å². The molecule has 0 radical (unpaired) electrons. The molecule has 2 heterocycles. The number of aliphatic imine (C=N–C) groups is 1. The van der Waals surface area contributed by atoms with E-state index in [9.17, 15) is 9.59 Å². The average Bonchev–Trinajstić information content (AvgIpc) is 3.39. The molecule has 3 aromatic rings. The fourth-order valence-electron chi connectivity index (χ4n) is 3.14. The Morgan fingerprint density at radius 1 is 1.10 bits per heavy atom. The van der Waals surface area contributed by atoms with Gasteiger partial charge in [-0.05, 0) is 71.8 Å². The van der Waals surface area contributed by atoms with E-state index in [0.29, 0.717) is 21.3 Å². The summed E-state index contributed by atoms with van der Waals surface area (Å²) >= 11 is 1.30. The molecular weight excluding hydrogens is 398 g/mol. The molecule has 1 fully saturated rings. The molecule has 150 valence electrons. The fraction of sp³-hybridized carbons (Fsp3) is 0.0870. The SMILES string of the molecule is C/C(=C1/SC(=Nc2ccc(CC(=O)O)cc2)NC1=O)c1cccc(-n2cccc2)c1. The first kappa shape index (κ1) is 19.7. The third-order valence-corrected chi connectivity index (χ3v) is 5.75. The van der Waals surface area contributed by atoms with Gasteiger partial charge in [-0.3, -0.25) is 9.59 Å². The predicted octanol–water partition coefficient (Wildman–Crippen LogP) is 4.39. The van der Waals surface area contributed by atoms with Gasteiger partial charge >= 0.3 is 5.97 Å². The molecule has 4 rings (SSSR count). The van der Waals surface area contributed by atoms with Crippen molar-refractivity contribution in [1.29, 1.82) is 0 Å². The van der Waals surface area contributed by atoms with Crippen LogP contribution in [-0.4, -0.2) is 26.7 Å². The van der Waals surface area contributed by atoms with Gasteiger partial charge in [0.15, 0.2) is 5.17 Å². The lowest BCUT2D eigenvalue weighted by Gasteiger charge is -2.08. The molecule has 1 aromatic heterocycles. The Morgan fingerprint density at radius 2 is 1.83 bits per heavy atom. The van der Waals surface area contributed by atoms with Gasteiger partial charge in [0.25, 0.3) is 5.91 Å². The number of aromatic nitrogens is 1. The average molecular weight is 417 g/mol. The van der Waals surface area contributed by atoms with Crippen LogP contribution < -0.4 is 5.32 Å². The number of carboxylic acid groups (broad SMARTS) is 1. The normalized spacial score (nSPS) is 16.6. The van der Waals surface area contributed by atoms with Crippen molar-refractivity contribution >= 4 is 40.1 Å². The van der Waals surface area contributed by atoms with Gasteiger partial charge in [-0.25, -0.2) is 4.99 Å². The zero-order valence-corrected chi connectivity index (χ0v) is 17.0. The van der Waals surface area contributed by atoms with E-state index in [1.54, 1.807) is 24.3 Å². The Hall–Kier alpha value is -3.58. The molecule has 1 saturated heterocycles. The molecule has 0 bridgehead atoms. The van der Waals surface area contributed by atoms with Gasteiger partial charge in [-0.2, -0.15) is 0 Å². The molecule has 2 aromatic carbocycles. The molecule has 0 spiro atoms. The van der Waals surface area contributed by atoms with Crippen molar-refractivity contribution in [2.75, 3.05) is 0 Å². The van der Waals surface area contributed by atoms with Crippen LogP contribution in [0.2, 0.25) is 0 Å². The number of allylic oxidation sites excluding steroid dienone is 1. The Kier molecular flexibility index (Phi) is 5.54. The van der Waals surface area contributed by atoms with Crippen molar-refractivity contribution in [3.63, 3.8) is 0 Å². The number of nitrogens with one attached hydrogen (secondary N) is 1. The first-order valence-corrected chi connectivity index (χ1v) is 10.1. The Morgan fingerprint density at radius 3 is 2.53 bits per heavy atom. The van der Waals surface area contributed by atoms with Crippen LogP contribution in [0.1, 0.15) is 18.1 Å². The predicted molar refractivity (Wildman–Crippen MR) is 119 cm³/mol. The lowest BCUT2D eigenvalue weighted by Crippen LogP contribution is -2.19. The van der Waals surface area contributed by atoms with Crippen LogP contribution in [0.5, 0.6) is 0 Å². The van der Waals surface area contributed by atoms with Crippen LogP contribution >= 0.6 is 11.8 Å². The van der Waals surface area contributed by atoms with Crippen molar-refractivity contribution in [2.45, 2.75) is 13.3 Å². The molecule has 0 aliphatic carbocycles. The van der Waals surface area contributed by atoms with E-state index in [2.05, 4.69) is 10.3 Å². The molecule has 30 heavy (non-hydrogen) atoms. The van der Waals surface area contributed by atoms with Gasteiger partial charge in [0.2, 0.25) is 0 Å². The van der Waals surface area contributed by atoms with Crippen molar-refractivity contribution in [3.05, 3.63) is 89.1 Å². The standard InChI is InChI=1S/C23H19N3O3S/c1-15(17-5-4-6-19(14-17)26-11-2-3-12-26)21-22(29)25-23(30-21)24-18-9-7-16(8-10-18)13-20(27)28/h2-12,14H,13H2,1H3,(H,27,28)(H,24,25,29)/b21-15-. The van der Waals surface area contributed by atoms with Gasteiger partial charge < -0.3 is 15.0 Å². The van der Waals surface area contributed by atoms with E-state index >= 15 is 0 Å². The van der Waals surface area contributed by atoms with E-state index in [0.717, 1.165) is 16.8 Å². The largest absolute Gasteiger partial charge is 0.481 e. The van der Waals surface area contributed by atoms with Crippen LogP contribution in [0.3, 0.4) is 0 Å². The minimum absolute atomic E-state index is 0.0313. The monoisotopic (exact) mass is 417 g/mol. The van der Waals surface area contributed by atoms with Gasteiger partial charge in [0.1, 0.15) is 0 Å². The summed E-state index contributed by atoms with van der Waals surface area (Å²) in [7, 11) is 0. The van der Waals surface area contributed by atoms with E-state index in [4.69, 9.17) is 5.11 Å². The summed E-state index contributed by atoms with van der Waals surface area (Å²) in [5, 5.41) is 12.2. The maximum absolute atomic E-state index is 12.5. The molecule has 2 N–H and O–H groups in total. The fourth-order valence-corrected chi connectivity index (χ4v) is 4.04. The topological polar surface area (TPSA) is 83.7 Å². The summed E-state index contributed by atoms with van der Waals surface area (Å²) in [4.78, 5) is 28.4. The number of aliphatic carboxylic acids is 1. The number of rotatable bonds is 5. The zero-order valence-electron chi connectivity index (χ0n) is 16.2. The highest BCUT2D eigenvalue weighted by Crippen LogP contribution is 2.33. The van der Waals surface area contributed by atoms with Crippen molar-refractivity contribution in [2.24, 2.45) is 4.99 Å². The number of hydrogen-bond acceptors (Lipinski definition) is 4. The minimum Gasteiger partial charge on any atom is -0.481 e. The maximum Gasteiger partial charge on any atom is 0.307 e. The number of nitrogens with zero attached hydrogens (tertiary/aromatic N) is 2. The summed E-state index contributed by atoms with van der Waals surface area (Å²) in [6, 6.07) is 18.9. The van der Waals surface area contributed by atoms with Gasteiger partial charge in [0, 0.05) is 18.1 Å². The van der Waals surface area contributed by atoms with Crippen LogP contribution in [0.4, 0.5) is 5.69 Å². The molecule has 1 aliphatic heterocycles.